The van der Waals surface area contributed by atoms with Gasteiger partial charge in [0.05, 0.1) is 0 Å². The van der Waals surface area contributed by atoms with Crippen molar-refractivity contribution in [3.05, 3.63) is 0 Å². The number of hydrogen-bond donors (Lipinski definition) is 0. The molecule has 0 amide bonds. The molecule has 2 fully saturated rings. The number of carbonyl (C=O) groups is 1. The minimum Gasteiger partial charge on any atom is -0.465 e. The monoisotopic (exact) mass is 182 g/mol. The van der Waals surface area contributed by atoms with Gasteiger partial charge in [-0.25, -0.2) is 0 Å². The van der Waals surface area contributed by atoms with Crippen LogP contribution in [0.25, 0.3) is 0 Å². The second-order valence-corrected chi connectivity index (χ2v) is 4.47. The van der Waals surface area contributed by atoms with Crippen LogP contribution in [-0.2, 0) is 9.53 Å². The van der Waals surface area contributed by atoms with Crippen LogP contribution in [0.4, 0.5) is 0 Å². The van der Waals surface area contributed by atoms with Crippen molar-refractivity contribution < 1.29 is 9.53 Å². The molecular weight excluding hydrogens is 164 g/mol. The molecule has 2 heteroatoms. The Morgan fingerprint density at radius 3 is 2.54 bits per heavy atom. The predicted octanol–water partition coefficient (Wildman–Crippen LogP) is 2.52. The number of rotatable bonds is 2. The molecule has 0 aromatic carbocycles. The quantitative estimate of drug-likeness (QED) is 0.613. The average Bonchev–Trinajstić information content (AvgIpc) is 2.18. The van der Waals surface area contributed by atoms with Crippen LogP contribution in [0.2, 0.25) is 0 Å². The van der Waals surface area contributed by atoms with Crippen LogP contribution in [0, 0.1) is 11.8 Å². The molecule has 3 atom stereocenters. The molecule has 2 rings (SSSR count). The van der Waals surface area contributed by atoms with E-state index in [1.807, 2.05) is 0 Å². The third kappa shape index (κ3) is 2.04. The highest BCUT2D eigenvalue weighted by atomic mass is 16.5. The summed E-state index contributed by atoms with van der Waals surface area (Å²) < 4.78 is 5.05. The van der Waals surface area contributed by atoms with E-state index in [4.69, 9.17) is 4.74 Å². The Labute approximate surface area is 79.7 Å². The second-order valence-electron chi connectivity index (χ2n) is 4.47. The van der Waals surface area contributed by atoms with Crippen molar-refractivity contribution in [3.63, 3.8) is 0 Å². The maximum absolute atomic E-state index is 10.2. The molecule has 2 aliphatic rings. The van der Waals surface area contributed by atoms with Gasteiger partial charge in [0.2, 0.25) is 0 Å². The summed E-state index contributed by atoms with van der Waals surface area (Å²) in [7, 11) is 0. The topological polar surface area (TPSA) is 26.3 Å². The lowest BCUT2D eigenvalue weighted by Gasteiger charge is -2.38. The van der Waals surface area contributed by atoms with Gasteiger partial charge in [0.15, 0.2) is 0 Å². The molecule has 0 heterocycles. The summed E-state index contributed by atoms with van der Waals surface area (Å²) in [6, 6.07) is 0. The van der Waals surface area contributed by atoms with Crippen molar-refractivity contribution in [1.29, 1.82) is 0 Å². The minimum absolute atomic E-state index is 0.233. The number of carbonyl (C=O) groups excluding carboxylic acids is 1. The molecule has 13 heavy (non-hydrogen) atoms. The number of hydrogen-bond acceptors (Lipinski definition) is 2. The SMILES string of the molecule is O=CO[C@@H]1CC[C@H]2CCCC[C@H]2C1. The van der Waals surface area contributed by atoms with Gasteiger partial charge in [0, 0.05) is 0 Å². The first kappa shape index (κ1) is 9.04. The Morgan fingerprint density at radius 1 is 1.00 bits per heavy atom. The summed E-state index contributed by atoms with van der Waals surface area (Å²) in [4.78, 5) is 10.2. The molecule has 2 nitrogen and oxygen atoms in total. The van der Waals surface area contributed by atoms with Gasteiger partial charge in [0.25, 0.3) is 6.47 Å². The number of fused-ring (bicyclic) bond motifs is 1. The molecule has 0 aromatic heterocycles. The van der Waals surface area contributed by atoms with Gasteiger partial charge < -0.3 is 4.74 Å². The molecule has 0 unspecified atom stereocenters. The third-order valence-electron chi connectivity index (χ3n) is 3.74. The first-order valence-electron chi connectivity index (χ1n) is 5.49. The van der Waals surface area contributed by atoms with E-state index in [-0.39, 0.29) is 6.10 Å². The van der Waals surface area contributed by atoms with Crippen LogP contribution in [0.1, 0.15) is 44.9 Å². The van der Waals surface area contributed by atoms with Crippen LogP contribution in [0.15, 0.2) is 0 Å². The van der Waals surface area contributed by atoms with Crippen molar-refractivity contribution >= 4 is 6.47 Å². The van der Waals surface area contributed by atoms with E-state index in [0.717, 1.165) is 24.7 Å². The van der Waals surface area contributed by atoms with Crippen molar-refractivity contribution in [2.75, 3.05) is 0 Å². The van der Waals surface area contributed by atoms with Gasteiger partial charge in [-0.05, 0) is 31.1 Å². The molecule has 0 N–H and O–H groups in total. The fourth-order valence-corrected chi connectivity index (χ4v) is 3.03. The smallest absolute Gasteiger partial charge is 0.293 e. The molecule has 74 valence electrons. The fraction of sp³-hybridized carbons (Fsp3) is 0.909. The summed E-state index contributed by atoms with van der Waals surface area (Å²) in [5, 5.41) is 0. The zero-order chi connectivity index (χ0) is 9.10. The Hall–Kier alpha value is -0.530. The summed E-state index contributed by atoms with van der Waals surface area (Å²) in [6.45, 7) is 0.619. The van der Waals surface area contributed by atoms with Gasteiger partial charge in [0.1, 0.15) is 6.10 Å². The predicted molar refractivity (Wildman–Crippen MR) is 50.2 cm³/mol. The molecular formula is C11H18O2. The van der Waals surface area contributed by atoms with Gasteiger partial charge in [-0.3, -0.25) is 4.79 Å². The second kappa shape index (κ2) is 4.12. The lowest BCUT2D eigenvalue weighted by Crippen LogP contribution is -2.31. The maximum Gasteiger partial charge on any atom is 0.293 e. The molecule has 0 aliphatic heterocycles. The Morgan fingerprint density at radius 2 is 1.77 bits per heavy atom. The Balaban J connectivity index is 1.87. The van der Waals surface area contributed by atoms with Crippen LogP contribution >= 0.6 is 0 Å². The fourth-order valence-electron chi connectivity index (χ4n) is 3.03. The zero-order valence-corrected chi connectivity index (χ0v) is 8.08. The summed E-state index contributed by atoms with van der Waals surface area (Å²) >= 11 is 0. The van der Waals surface area contributed by atoms with Crippen LogP contribution in [0.5, 0.6) is 0 Å². The molecule has 0 radical (unpaired) electrons. The highest BCUT2D eigenvalue weighted by Gasteiger charge is 2.32. The van der Waals surface area contributed by atoms with Crippen LogP contribution in [0.3, 0.4) is 0 Å². The van der Waals surface area contributed by atoms with E-state index in [1.165, 1.54) is 32.1 Å². The summed E-state index contributed by atoms with van der Waals surface area (Å²) in [5.74, 6) is 1.80. The van der Waals surface area contributed by atoms with Crippen molar-refractivity contribution in [2.45, 2.75) is 51.0 Å². The first-order valence-corrected chi connectivity index (χ1v) is 5.49. The van der Waals surface area contributed by atoms with E-state index in [2.05, 4.69) is 0 Å². The van der Waals surface area contributed by atoms with Gasteiger partial charge in [-0.2, -0.15) is 0 Å². The summed E-state index contributed by atoms with van der Waals surface area (Å²) in [5.41, 5.74) is 0. The largest absolute Gasteiger partial charge is 0.465 e. The highest BCUT2D eigenvalue weighted by molar-refractivity contribution is 5.37. The molecule has 2 aliphatic carbocycles. The average molecular weight is 182 g/mol. The Kier molecular flexibility index (Phi) is 2.87. The Bertz CT molecular complexity index is 179. The molecule has 0 bridgehead atoms. The first-order chi connectivity index (χ1) is 6.40. The zero-order valence-electron chi connectivity index (χ0n) is 8.08. The minimum atomic E-state index is 0.233. The van der Waals surface area contributed by atoms with Crippen molar-refractivity contribution in [3.8, 4) is 0 Å². The normalized spacial score (nSPS) is 39.2. The molecule has 0 aromatic rings. The van der Waals surface area contributed by atoms with E-state index >= 15 is 0 Å². The molecule has 0 saturated heterocycles. The van der Waals surface area contributed by atoms with Gasteiger partial charge in [-0.1, -0.05) is 25.7 Å². The number of ether oxygens (including phenoxy) is 1. The molecule has 2 saturated carbocycles. The highest BCUT2D eigenvalue weighted by Crippen LogP contribution is 2.40. The summed E-state index contributed by atoms with van der Waals surface area (Å²) in [6.07, 6.45) is 9.32. The van der Waals surface area contributed by atoms with E-state index in [0.29, 0.717) is 6.47 Å². The molecule has 0 spiro atoms. The lowest BCUT2D eigenvalue weighted by atomic mass is 9.70. The van der Waals surface area contributed by atoms with Crippen LogP contribution < -0.4 is 0 Å². The standard InChI is InChI=1S/C11H18O2/c12-8-13-11-6-5-9-3-1-2-4-10(9)7-11/h8-11H,1-7H2/t9-,10+,11-/m1/s1. The van der Waals surface area contributed by atoms with E-state index < -0.39 is 0 Å². The maximum atomic E-state index is 10.2. The van der Waals surface area contributed by atoms with Gasteiger partial charge in [-0.15, -0.1) is 0 Å². The van der Waals surface area contributed by atoms with E-state index in [9.17, 15) is 4.79 Å². The van der Waals surface area contributed by atoms with Gasteiger partial charge >= 0.3 is 0 Å². The van der Waals surface area contributed by atoms with Crippen LogP contribution in [-0.4, -0.2) is 12.6 Å². The van der Waals surface area contributed by atoms with E-state index in [1.54, 1.807) is 0 Å². The lowest BCUT2D eigenvalue weighted by molar-refractivity contribution is -0.136. The van der Waals surface area contributed by atoms with Crippen molar-refractivity contribution in [1.82, 2.24) is 0 Å². The van der Waals surface area contributed by atoms with Crippen molar-refractivity contribution in [2.24, 2.45) is 11.8 Å². The third-order valence-corrected chi connectivity index (χ3v) is 3.74.